The molecule has 0 aromatic rings. The number of aliphatic hydroxyl groups is 1. The average molecular weight is 239 g/mol. The van der Waals surface area contributed by atoms with Crippen molar-refractivity contribution >= 4 is 15.9 Å². The number of hydrogen-bond acceptors (Lipinski definition) is 1. The van der Waals surface area contributed by atoms with Gasteiger partial charge in [-0.25, -0.2) is 0 Å². The molecule has 0 amide bonds. The normalized spacial score (nSPS) is 17.5. The lowest BCUT2D eigenvalue weighted by Crippen LogP contribution is -2.56. The van der Waals surface area contributed by atoms with Crippen LogP contribution in [-0.2, 0) is 0 Å². The summed E-state index contributed by atoms with van der Waals surface area (Å²) < 4.78 is 0.942. The molecule has 0 aliphatic carbocycles. The van der Waals surface area contributed by atoms with Gasteiger partial charge in [0.25, 0.3) is 0 Å². The average Bonchev–Trinajstić information content (AvgIpc) is 2.08. The summed E-state index contributed by atoms with van der Waals surface area (Å²) in [6.45, 7) is 11.5. The van der Waals surface area contributed by atoms with Gasteiger partial charge in [-0.1, -0.05) is 0 Å². The van der Waals surface area contributed by atoms with Crippen LogP contribution in [0.2, 0.25) is 0 Å². The Morgan fingerprint density at radius 2 is 1.50 bits per heavy atom. The predicted molar refractivity (Wildman–Crippen MR) is 56.3 cm³/mol. The van der Waals surface area contributed by atoms with E-state index in [9.17, 15) is 5.11 Å². The summed E-state index contributed by atoms with van der Waals surface area (Å²) in [5.41, 5.74) is 0. The van der Waals surface area contributed by atoms with Crippen LogP contribution in [0.15, 0.2) is 0 Å². The first-order valence-electron chi connectivity index (χ1n) is 4.72. The Hall–Kier alpha value is 0.400. The van der Waals surface area contributed by atoms with E-state index in [1.165, 1.54) is 0 Å². The van der Waals surface area contributed by atoms with E-state index in [1.54, 1.807) is 0 Å². The van der Waals surface area contributed by atoms with Crippen LogP contribution in [0.5, 0.6) is 0 Å². The Bertz CT molecular complexity index is 115. The molecule has 0 saturated carbocycles. The topological polar surface area (TPSA) is 20.2 Å². The van der Waals surface area contributed by atoms with Gasteiger partial charge in [-0.15, -0.1) is 0 Å². The lowest BCUT2D eigenvalue weighted by Gasteiger charge is -2.41. The summed E-state index contributed by atoms with van der Waals surface area (Å²) in [6.07, 6.45) is -0.287. The zero-order valence-corrected chi connectivity index (χ0v) is 10.1. The third-order valence-corrected chi connectivity index (χ3v) is 4.44. The van der Waals surface area contributed by atoms with Crippen molar-refractivity contribution in [3.05, 3.63) is 0 Å². The lowest BCUT2D eigenvalue weighted by atomic mass is 10.2. The van der Waals surface area contributed by atoms with Gasteiger partial charge < -0.3 is 9.59 Å². The van der Waals surface area contributed by atoms with Crippen LogP contribution in [0.3, 0.4) is 0 Å². The highest BCUT2D eigenvalue weighted by molar-refractivity contribution is 9.09. The highest BCUT2D eigenvalue weighted by Gasteiger charge is 2.33. The van der Waals surface area contributed by atoms with Crippen molar-refractivity contribution in [3.63, 3.8) is 0 Å². The Morgan fingerprint density at radius 1 is 1.17 bits per heavy atom. The molecule has 0 aromatic heterocycles. The number of nitrogens with zero attached hydrogens (tertiary/aromatic N) is 1. The van der Waals surface area contributed by atoms with Gasteiger partial charge in [-0.2, -0.15) is 0 Å². The second kappa shape index (κ2) is 5.20. The second-order valence-electron chi connectivity index (χ2n) is 3.28. The number of aliphatic hydroxyl groups excluding tert-OH is 1. The molecule has 0 aromatic carbocycles. The number of rotatable bonds is 5. The quantitative estimate of drug-likeness (QED) is 0.442. The molecule has 0 saturated heterocycles. The van der Waals surface area contributed by atoms with E-state index in [0.29, 0.717) is 0 Å². The van der Waals surface area contributed by atoms with E-state index in [-0.39, 0.29) is 11.1 Å². The standard InChI is InChI=1S/C9H21BrNO/c1-5-11(6-2,7-3)9(10)8(4)12/h8-9,12H,5-7H2,1-4H3/q+1. The Labute approximate surface area is 84.3 Å². The van der Waals surface area contributed by atoms with Gasteiger partial charge in [0.15, 0.2) is 4.95 Å². The molecule has 3 heteroatoms. The smallest absolute Gasteiger partial charge is 0.170 e. The van der Waals surface area contributed by atoms with E-state index in [0.717, 1.165) is 24.1 Å². The van der Waals surface area contributed by atoms with Crippen LogP contribution in [0.25, 0.3) is 0 Å². The van der Waals surface area contributed by atoms with Gasteiger partial charge >= 0.3 is 0 Å². The number of likely N-dealkylation sites (N-methyl/N-ethyl adjacent to an activating group) is 1. The molecule has 0 heterocycles. The first kappa shape index (κ1) is 12.4. The third kappa shape index (κ3) is 2.44. The van der Waals surface area contributed by atoms with Gasteiger partial charge in [0, 0.05) is 0 Å². The molecule has 2 atom stereocenters. The molecule has 0 fully saturated rings. The largest absolute Gasteiger partial charge is 0.386 e. The summed E-state index contributed by atoms with van der Waals surface area (Å²) in [6, 6.07) is 0. The summed E-state index contributed by atoms with van der Waals surface area (Å²) in [7, 11) is 0. The highest BCUT2D eigenvalue weighted by atomic mass is 79.9. The van der Waals surface area contributed by atoms with Crippen molar-refractivity contribution in [1.82, 2.24) is 0 Å². The van der Waals surface area contributed by atoms with Crippen molar-refractivity contribution in [1.29, 1.82) is 0 Å². The number of alkyl halides is 1. The second-order valence-corrected chi connectivity index (χ2v) is 4.22. The maximum Gasteiger partial charge on any atom is 0.170 e. The van der Waals surface area contributed by atoms with Gasteiger partial charge in [0.2, 0.25) is 0 Å². The minimum absolute atomic E-state index is 0.164. The van der Waals surface area contributed by atoms with Crippen molar-refractivity contribution in [2.75, 3.05) is 19.6 Å². The van der Waals surface area contributed by atoms with Crippen LogP contribution >= 0.6 is 15.9 Å². The molecule has 2 unspecified atom stereocenters. The highest BCUT2D eigenvalue weighted by Crippen LogP contribution is 2.21. The summed E-state index contributed by atoms with van der Waals surface area (Å²) in [4.78, 5) is 0.164. The molecular formula is C9H21BrNO+. The van der Waals surface area contributed by atoms with Gasteiger partial charge in [0.1, 0.15) is 6.10 Å². The predicted octanol–water partition coefficient (Wildman–Crippen LogP) is 1.96. The van der Waals surface area contributed by atoms with Crippen molar-refractivity contribution in [2.24, 2.45) is 0 Å². The monoisotopic (exact) mass is 238 g/mol. The van der Waals surface area contributed by atoms with E-state index in [2.05, 4.69) is 36.7 Å². The maximum atomic E-state index is 9.49. The SMILES string of the molecule is CC[N+](CC)(CC)C(Br)C(C)O. The molecule has 0 bridgehead atoms. The fraction of sp³-hybridized carbons (Fsp3) is 1.00. The van der Waals surface area contributed by atoms with Gasteiger partial charge in [-0.05, 0) is 43.6 Å². The zero-order chi connectivity index (χ0) is 9.78. The molecule has 0 spiro atoms. The van der Waals surface area contributed by atoms with Crippen molar-refractivity contribution < 1.29 is 9.59 Å². The van der Waals surface area contributed by atoms with Crippen LogP contribution in [0, 0.1) is 0 Å². The molecule has 74 valence electrons. The van der Waals surface area contributed by atoms with Crippen LogP contribution in [-0.4, -0.2) is 40.3 Å². The molecular weight excluding hydrogens is 218 g/mol. The minimum atomic E-state index is -0.287. The zero-order valence-electron chi connectivity index (χ0n) is 8.55. The maximum absolute atomic E-state index is 9.49. The third-order valence-electron chi connectivity index (χ3n) is 2.81. The summed E-state index contributed by atoms with van der Waals surface area (Å²) in [5.74, 6) is 0. The molecule has 0 aliphatic heterocycles. The van der Waals surface area contributed by atoms with Crippen molar-refractivity contribution in [3.8, 4) is 0 Å². The first-order chi connectivity index (χ1) is 5.54. The number of halogens is 1. The Kier molecular flexibility index (Phi) is 5.37. The number of hydrogen-bond donors (Lipinski definition) is 1. The van der Waals surface area contributed by atoms with Gasteiger partial charge in [0.05, 0.1) is 19.6 Å². The Morgan fingerprint density at radius 3 is 1.58 bits per heavy atom. The first-order valence-corrected chi connectivity index (χ1v) is 5.63. The molecule has 0 rings (SSSR count). The van der Waals surface area contributed by atoms with E-state index in [1.807, 2.05) is 6.92 Å². The van der Waals surface area contributed by atoms with Crippen LogP contribution < -0.4 is 0 Å². The molecule has 2 nitrogen and oxygen atoms in total. The lowest BCUT2D eigenvalue weighted by molar-refractivity contribution is -0.934. The number of quaternary nitrogens is 1. The molecule has 0 radical (unpaired) electrons. The van der Waals surface area contributed by atoms with Crippen LogP contribution in [0.1, 0.15) is 27.7 Å². The fourth-order valence-corrected chi connectivity index (χ4v) is 2.52. The van der Waals surface area contributed by atoms with Crippen molar-refractivity contribution in [2.45, 2.75) is 38.8 Å². The summed E-state index contributed by atoms with van der Waals surface area (Å²) >= 11 is 3.57. The molecule has 1 N–H and O–H groups in total. The molecule has 12 heavy (non-hydrogen) atoms. The minimum Gasteiger partial charge on any atom is -0.386 e. The van der Waals surface area contributed by atoms with E-state index >= 15 is 0 Å². The fourth-order valence-electron chi connectivity index (χ4n) is 1.65. The molecule has 0 aliphatic rings. The van der Waals surface area contributed by atoms with E-state index < -0.39 is 0 Å². The Balaban J connectivity index is 4.46. The van der Waals surface area contributed by atoms with Crippen LogP contribution in [0.4, 0.5) is 0 Å². The van der Waals surface area contributed by atoms with E-state index in [4.69, 9.17) is 0 Å². The van der Waals surface area contributed by atoms with Gasteiger partial charge in [-0.3, -0.25) is 0 Å². The summed E-state index contributed by atoms with van der Waals surface area (Å²) in [5, 5.41) is 9.49.